The van der Waals surface area contributed by atoms with Crippen molar-refractivity contribution >= 4 is 0 Å². The van der Waals surface area contributed by atoms with Crippen LogP contribution in [0.1, 0.15) is 48.9 Å². The predicted octanol–water partition coefficient (Wildman–Crippen LogP) is 4.68. The number of aryl methyl sites for hydroxylation is 2. The first-order valence-corrected chi connectivity index (χ1v) is 8.73. The van der Waals surface area contributed by atoms with Gasteiger partial charge in [-0.3, -0.25) is 0 Å². The SMILES string of the molecule is COc1ccc(CCC(C)NC2CCCc3ccccc32)cc1. The van der Waals surface area contributed by atoms with Crippen LogP contribution in [0, 0.1) is 0 Å². The van der Waals surface area contributed by atoms with Crippen LogP contribution < -0.4 is 10.1 Å². The van der Waals surface area contributed by atoms with Crippen LogP contribution in [-0.4, -0.2) is 13.2 Å². The molecule has 23 heavy (non-hydrogen) atoms. The molecule has 0 heterocycles. The Kier molecular flexibility index (Phi) is 5.35. The molecule has 0 aromatic heterocycles. The van der Waals surface area contributed by atoms with Crippen LogP contribution in [0.2, 0.25) is 0 Å². The van der Waals surface area contributed by atoms with Gasteiger partial charge in [-0.05, 0) is 67.9 Å². The molecule has 0 bridgehead atoms. The van der Waals surface area contributed by atoms with Gasteiger partial charge in [0.25, 0.3) is 0 Å². The summed E-state index contributed by atoms with van der Waals surface area (Å²) in [5, 5.41) is 3.84. The molecule has 0 radical (unpaired) electrons. The number of fused-ring (bicyclic) bond motifs is 1. The largest absolute Gasteiger partial charge is 0.497 e. The minimum Gasteiger partial charge on any atom is -0.497 e. The van der Waals surface area contributed by atoms with Crippen molar-refractivity contribution in [2.24, 2.45) is 0 Å². The number of hydrogen-bond donors (Lipinski definition) is 1. The summed E-state index contributed by atoms with van der Waals surface area (Å²) in [6.45, 7) is 2.31. The van der Waals surface area contributed by atoms with Crippen molar-refractivity contribution in [3.63, 3.8) is 0 Å². The molecule has 0 aliphatic heterocycles. The second-order valence-electron chi connectivity index (χ2n) is 6.60. The Labute approximate surface area is 139 Å². The van der Waals surface area contributed by atoms with Crippen LogP contribution in [-0.2, 0) is 12.8 Å². The van der Waals surface area contributed by atoms with Crippen LogP contribution in [0.3, 0.4) is 0 Å². The molecule has 122 valence electrons. The summed E-state index contributed by atoms with van der Waals surface area (Å²) in [4.78, 5) is 0. The highest BCUT2D eigenvalue weighted by molar-refractivity contribution is 5.32. The first kappa shape index (κ1) is 16.1. The molecule has 2 atom stereocenters. The smallest absolute Gasteiger partial charge is 0.118 e. The predicted molar refractivity (Wildman–Crippen MR) is 96.0 cm³/mol. The first-order chi connectivity index (χ1) is 11.3. The fourth-order valence-electron chi connectivity index (χ4n) is 3.53. The summed E-state index contributed by atoms with van der Waals surface area (Å²) in [6.07, 6.45) is 6.04. The summed E-state index contributed by atoms with van der Waals surface area (Å²) in [6, 6.07) is 18.4. The molecule has 2 aromatic carbocycles. The molecule has 1 N–H and O–H groups in total. The zero-order chi connectivity index (χ0) is 16.1. The molecular weight excluding hydrogens is 282 g/mol. The van der Waals surface area contributed by atoms with Gasteiger partial charge in [-0.25, -0.2) is 0 Å². The second kappa shape index (κ2) is 7.65. The average molecular weight is 309 g/mol. The zero-order valence-electron chi connectivity index (χ0n) is 14.2. The van der Waals surface area contributed by atoms with E-state index in [0.29, 0.717) is 12.1 Å². The standard InChI is InChI=1S/C21H27NO/c1-16(10-11-17-12-14-19(23-2)15-13-17)22-21-9-5-7-18-6-3-4-8-20(18)21/h3-4,6,8,12-16,21-22H,5,7,9-11H2,1-2H3. The zero-order valence-corrected chi connectivity index (χ0v) is 14.2. The maximum absolute atomic E-state index is 5.22. The molecular formula is C21H27NO. The highest BCUT2D eigenvalue weighted by Gasteiger charge is 2.20. The molecule has 1 aliphatic rings. The first-order valence-electron chi connectivity index (χ1n) is 8.73. The Hall–Kier alpha value is -1.80. The lowest BCUT2D eigenvalue weighted by Gasteiger charge is -2.29. The van der Waals surface area contributed by atoms with Crippen molar-refractivity contribution in [2.45, 2.75) is 51.1 Å². The van der Waals surface area contributed by atoms with Crippen molar-refractivity contribution in [3.8, 4) is 5.75 Å². The van der Waals surface area contributed by atoms with Gasteiger partial charge in [0, 0.05) is 12.1 Å². The monoisotopic (exact) mass is 309 g/mol. The van der Waals surface area contributed by atoms with Gasteiger partial charge < -0.3 is 10.1 Å². The summed E-state index contributed by atoms with van der Waals surface area (Å²) >= 11 is 0. The fraction of sp³-hybridized carbons (Fsp3) is 0.429. The topological polar surface area (TPSA) is 21.3 Å². The minimum atomic E-state index is 0.519. The molecule has 2 aromatic rings. The molecule has 2 unspecified atom stereocenters. The Morgan fingerprint density at radius 3 is 2.70 bits per heavy atom. The Morgan fingerprint density at radius 1 is 1.13 bits per heavy atom. The van der Waals surface area contributed by atoms with Crippen LogP contribution in [0.4, 0.5) is 0 Å². The molecule has 0 saturated heterocycles. The maximum atomic E-state index is 5.22. The molecule has 1 aliphatic carbocycles. The van der Waals surface area contributed by atoms with E-state index in [4.69, 9.17) is 4.74 Å². The maximum Gasteiger partial charge on any atom is 0.118 e. The lowest BCUT2D eigenvalue weighted by Crippen LogP contribution is -2.33. The summed E-state index contributed by atoms with van der Waals surface area (Å²) < 4.78 is 5.22. The molecule has 0 spiro atoms. The average Bonchev–Trinajstić information content (AvgIpc) is 2.61. The molecule has 0 fully saturated rings. The van der Waals surface area contributed by atoms with Crippen LogP contribution in [0.25, 0.3) is 0 Å². The molecule has 2 heteroatoms. The van der Waals surface area contributed by atoms with Gasteiger partial charge in [-0.1, -0.05) is 36.4 Å². The highest BCUT2D eigenvalue weighted by atomic mass is 16.5. The van der Waals surface area contributed by atoms with Gasteiger partial charge >= 0.3 is 0 Å². The number of ether oxygens (including phenoxy) is 1. The van der Waals surface area contributed by atoms with E-state index in [1.165, 1.54) is 36.0 Å². The number of benzene rings is 2. The van der Waals surface area contributed by atoms with Gasteiger partial charge in [0.05, 0.1) is 7.11 Å². The van der Waals surface area contributed by atoms with E-state index in [9.17, 15) is 0 Å². The highest BCUT2D eigenvalue weighted by Crippen LogP contribution is 2.30. The van der Waals surface area contributed by atoms with Crippen molar-refractivity contribution in [1.29, 1.82) is 0 Å². The van der Waals surface area contributed by atoms with Gasteiger partial charge in [-0.15, -0.1) is 0 Å². The molecule has 2 nitrogen and oxygen atoms in total. The van der Waals surface area contributed by atoms with Crippen LogP contribution >= 0.6 is 0 Å². The number of hydrogen-bond acceptors (Lipinski definition) is 2. The summed E-state index contributed by atoms with van der Waals surface area (Å²) in [5.41, 5.74) is 4.41. The number of methoxy groups -OCH3 is 1. The Morgan fingerprint density at radius 2 is 1.91 bits per heavy atom. The lowest BCUT2D eigenvalue weighted by atomic mass is 9.87. The summed E-state index contributed by atoms with van der Waals surface area (Å²) in [7, 11) is 1.71. The summed E-state index contributed by atoms with van der Waals surface area (Å²) in [5.74, 6) is 0.929. The van der Waals surface area contributed by atoms with Gasteiger partial charge in [0.1, 0.15) is 5.75 Å². The number of nitrogens with one attached hydrogen (secondary N) is 1. The van der Waals surface area contributed by atoms with Crippen LogP contribution in [0.5, 0.6) is 5.75 Å². The van der Waals surface area contributed by atoms with E-state index in [1.807, 2.05) is 12.1 Å². The Bertz CT molecular complexity index is 620. The minimum absolute atomic E-state index is 0.519. The lowest BCUT2D eigenvalue weighted by molar-refractivity contribution is 0.395. The third kappa shape index (κ3) is 4.14. The van der Waals surface area contributed by atoms with Crippen molar-refractivity contribution in [3.05, 3.63) is 65.2 Å². The normalized spacial score (nSPS) is 18.3. The van der Waals surface area contributed by atoms with E-state index in [-0.39, 0.29) is 0 Å². The van der Waals surface area contributed by atoms with E-state index < -0.39 is 0 Å². The van der Waals surface area contributed by atoms with Crippen molar-refractivity contribution < 1.29 is 4.74 Å². The second-order valence-corrected chi connectivity index (χ2v) is 6.60. The van der Waals surface area contributed by atoms with Gasteiger partial charge in [0.15, 0.2) is 0 Å². The molecule has 0 saturated carbocycles. The third-order valence-corrected chi connectivity index (χ3v) is 4.88. The quantitative estimate of drug-likeness (QED) is 0.836. The molecule has 0 amide bonds. The fourth-order valence-corrected chi connectivity index (χ4v) is 3.53. The van der Waals surface area contributed by atoms with E-state index >= 15 is 0 Å². The van der Waals surface area contributed by atoms with Crippen molar-refractivity contribution in [1.82, 2.24) is 5.32 Å². The molecule has 3 rings (SSSR count). The Balaban J connectivity index is 1.54. The van der Waals surface area contributed by atoms with Gasteiger partial charge in [0.2, 0.25) is 0 Å². The van der Waals surface area contributed by atoms with Crippen molar-refractivity contribution in [2.75, 3.05) is 7.11 Å². The third-order valence-electron chi connectivity index (χ3n) is 4.88. The van der Waals surface area contributed by atoms with E-state index in [0.717, 1.165) is 18.6 Å². The van der Waals surface area contributed by atoms with E-state index in [1.54, 1.807) is 7.11 Å². The van der Waals surface area contributed by atoms with Crippen LogP contribution in [0.15, 0.2) is 48.5 Å². The van der Waals surface area contributed by atoms with Gasteiger partial charge in [-0.2, -0.15) is 0 Å². The number of rotatable bonds is 6. The van der Waals surface area contributed by atoms with E-state index in [2.05, 4.69) is 48.6 Å².